The number of hydrogen-bond acceptors (Lipinski definition) is 4. The van der Waals surface area contributed by atoms with Crippen LogP contribution in [0.1, 0.15) is 31.5 Å². The van der Waals surface area contributed by atoms with Gasteiger partial charge in [-0.2, -0.15) is 0 Å². The molecule has 2 aromatic rings. The molecular formula is C14H15NO3S. The van der Waals surface area contributed by atoms with Crippen molar-refractivity contribution >= 4 is 17.3 Å². The molecule has 0 saturated carbocycles. The molecule has 0 fully saturated rings. The molecule has 0 radical (unpaired) electrons. The Morgan fingerprint density at radius 1 is 1.37 bits per heavy atom. The number of ether oxygens (including phenoxy) is 1. The van der Waals surface area contributed by atoms with Crippen LogP contribution in [0.15, 0.2) is 18.2 Å². The van der Waals surface area contributed by atoms with E-state index in [0.717, 1.165) is 16.9 Å². The molecule has 1 N–H and O–H groups in total. The largest absolute Gasteiger partial charge is 0.486 e. The van der Waals surface area contributed by atoms with Gasteiger partial charge >= 0.3 is 5.97 Å². The Bertz CT molecular complexity index is 619. The maximum Gasteiger partial charge on any atom is 0.355 e. The van der Waals surface area contributed by atoms with Gasteiger partial charge in [0.1, 0.15) is 17.4 Å². The number of carboxylic acid groups (broad SMARTS) is 1. The zero-order chi connectivity index (χ0) is 14.0. The maximum absolute atomic E-state index is 10.9. The van der Waals surface area contributed by atoms with Crippen molar-refractivity contribution in [2.75, 3.05) is 0 Å². The second-order valence-corrected chi connectivity index (χ2v) is 5.66. The first-order chi connectivity index (χ1) is 8.97. The summed E-state index contributed by atoms with van der Waals surface area (Å²) in [7, 11) is 0. The summed E-state index contributed by atoms with van der Waals surface area (Å²) >= 11 is 1.36. The number of carbonyl (C=O) groups is 1. The van der Waals surface area contributed by atoms with Gasteiger partial charge in [0.25, 0.3) is 0 Å². The van der Waals surface area contributed by atoms with Crippen LogP contribution in [0.25, 0.3) is 0 Å². The summed E-state index contributed by atoms with van der Waals surface area (Å²) in [6.07, 6.45) is 0. The van der Waals surface area contributed by atoms with E-state index in [4.69, 9.17) is 9.84 Å². The minimum absolute atomic E-state index is 0.115. The molecule has 0 atom stereocenters. The van der Waals surface area contributed by atoms with Gasteiger partial charge in [0.05, 0.1) is 0 Å². The van der Waals surface area contributed by atoms with E-state index in [2.05, 4.69) is 4.98 Å². The van der Waals surface area contributed by atoms with E-state index in [9.17, 15) is 4.79 Å². The third kappa shape index (κ3) is 3.12. The van der Waals surface area contributed by atoms with Crippen LogP contribution in [0.2, 0.25) is 0 Å². The highest BCUT2D eigenvalue weighted by Crippen LogP contribution is 2.23. The van der Waals surface area contributed by atoms with Crippen molar-refractivity contribution in [3.05, 3.63) is 44.9 Å². The molecule has 1 aromatic carbocycles. The van der Waals surface area contributed by atoms with Crippen molar-refractivity contribution < 1.29 is 14.6 Å². The average molecular weight is 277 g/mol. The van der Waals surface area contributed by atoms with Gasteiger partial charge in [0.15, 0.2) is 5.69 Å². The smallest absolute Gasteiger partial charge is 0.355 e. The van der Waals surface area contributed by atoms with Crippen LogP contribution in [0, 0.1) is 20.8 Å². The van der Waals surface area contributed by atoms with E-state index in [1.165, 1.54) is 11.3 Å². The fraction of sp³-hybridized carbons (Fsp3) is 0.286. The summed E-state index contributed by atoms with van der Waals surface area (Å²) in [6.45, 7) is 6.03. The summed E-state index contributed by atoms with van der Waals surface area (Å²) in [5, 5.41) is 9.62. The maximum atomic E-state index is 10.9. The number of thiazole rings is 1. The third-order valence-corrected chi connectivity index (χ3v) is 3.68. The molecule has 0 aliphatic rings. The molecule has 1 aromatic heterocycles. The Kier molecular flexibility index (Phi) is 3.85. The molecule has 2 rings (SSSR count). The lowest BCUT2D eigenvalue weighted by molar-refractivity contribution is 0.0690. The lowest BCUT2D eigenvalue weighted by atomic mass is 10.1. The van der Waals surface area contributed by atoms with Crippen LogP contribution in [-0.4, -0.2) is 16.1 Å². The molecule has 0 amide bonds. The monoisotopic (exact) mass is 277 g/mol. The van der Waals surface area contributed by atoms with E-state index < -0.39 is 5.97 Å². The van der Waals surface area contributed by atoms with Gasteiger partial charge in [-0.05, 0) is 38.0 Å². The standard InChI is InChI=1S/C14H15NO3S/c1-8-4-5-9(2)11(6-8)18-7-12-15-13(14(16)17)10(3)19-12/h4-6H,7H2,1-3H3,(H,16,17). The van der Waals surface area contributed by atoms with Gasteiger partial charge < -0.3 is 9.84 Å². The fourth-order valence-electron chi connectivity index (χ4n) is 1.71. The third-order valence-electron chi connectivity index (χ3n) is 2.74. The molecule has 0 saturated heterocycles. The second-order valence-electron chi connectivity index (χ2n) is 4.38. The second kappa shape index (κ2) is 5.40. The molecule has 0 bridgehead atoms. The van der Waals surface area contributed by atoms with E-state index in [1.807, 2.05) is 32.0 Å². The molecule has 4 nitrogen and oxygen atoms in total. The first-order valence-corrected chi connectivity index (χ1v) is 6.68. The normalized spacial score (nSPS) is 10.5. The number of benzene rings is 1. The van der Waals surface area contributed by atoms with Crippen molar-refractivity contribution in [1.29, 1.82) is 0 Å². The van der Waals surface area contributed by atoms with Crippen LogP contribution in [0.4, 0.5) is 0 Å². The highest BCUT2D eigenvalue weighted by Gasteiger charge is 2.14. The first-order valence-electron chi connectivity index (χ1n) is 5.87. The Morgan fingerprint density at radius 2 is 2.11 bits per heavy atom. The lowest BCUT2D eigenvalue weighted by Gasteiger charge is -2.08. The number of nitrogens with zero attached hydrogens (tertiary/aromatic N) is 1. The summed E-state index contributed by atoms with van der Waals surface area (Å²) in [6, 6.07) is 5.99. The number of aryl methyl sites for hydroxylation is 3. The Hall–Kier alpha value is -1.88. The molecule has 100 valence electrons. The first kappa shape index (κ1) is 13.5. The van der Waals surface area contributed by atoms with Crippen LogP contribution in [-0.2, 0) is 6.61 Å². The number of aromatic carboxylic acids is 1. The van der Waals surface area contributed by atoms with Crippen molar-refractivity contribution in [2.45, 2.75) is 27.4 Å². The highest BCUT2D eigenvalue weighted by molar-refractivity contribution is 7.11. The van der Waals surface area contributed by atoms with E-state index >= 15 is 0 Å². The van der Waals surface area contributed by atoms with Gasteiger partial charge in [0.2, 0.25) is 0 Å². The van der Waals surface area contributed by atoms with Crippen molar-refractivity contribution in [2.24, 2.45) is 0 Å². The number of rotatable bonds is 4. The zero-order valence-electron chi connectivity index (χ0n) is 11.1. The fourth-order valence-corrected chi connectivity index (χ4v) is 2.55. The Labute approximate surface area is 115 Å². The van der Waals surface area contributed by atoms with Crippen molar-refractivity contribution in [1.82, 2.24) is 4.98 Å². The number of hydrogen-bond donors (Lipinski definition) is 1. The van der Waals surface area contributed by atoms with Crippen molar-refractivity contribution in [3.8, 4) is 5.75 Å². The minimum atomic E-state index is -0.994. The Balaban J connectivity index is 2.12. The molecule has 1 heterocycles. The lowest BCUT2D eigenvalue weighted by Crippen LogP contribution is -2.01. The average Bonchev–Trinajstić information content (AvgIpc) is 2.72. The molecular weight excluding hydrogens is 262 g/mol. The molecule has 0 spiro atoms. The molecule has 0 aliphatic heterocycles. The molecule has 19 heavy (non-hydrogen) atoms. The molecule has 0 aliphatic carbocycles. The Morgan fingerprint density at radius 3 is 2.74 bits per heavy atom. The van der Waals surface area contributed by atoms with Crippen LogP contribution >= 0.6 is 11.3 Å². The van der Waals surface area contributed by atoms with Gasteiger partial charge in [0, 0.05) is 4.88 Å². The van der Waals surface area contributed by atoms with Gasteiger partial charge in [-0.3, -0.25) is 0 Å². The van der Waals surface area contributed by atoms with E-state index in [-0.39, 0.29) is 5.69 Å². The summed E-state index contributed by atoms with van der Waals surface area (Å²) in [5.41, 5.74) is 2.30. The molecule has 0 unspecified atom stereocenters. The zero-order valence-corrected chi connectivity index (χ0v) is 11.9. The summed E-state index contributed by atoms with van der Waals surface area (Å²) < 4.78 is 5.71. The van der Waals surface area contributed by atoms with E-state index in [0.29, 0.717) is 16.5 Å². The van der Waals surface area contributed by atoms with E-state index in [1.54, 1.807) is 6.92 Å². The topological polar surface area (TPSA) is 59.4 Å². The predicted molar refractivity (Wildman–Crippen MR) is 74.1 cm³/mol. The van der Waals surface area contributed by atoms with Gasteiger partial charge in [-0.1, -0.05) is 12.1 Å². The number of carboxylic acids is 1. The highest BCUT2D eigenvalue weighted by atomic mass is 32.1. The van der Waals surface area contributed by atoms with Crippen LogP contribution in [0.3, 0.4) is 0 Å². The van der Waals surface area contributed by atoms with Gasteiger partial charge in [-0.25, -0.2) is 9.78 Å². The van der Waals surface area contributed by atoms with Crippen molar-refractivity contribution in [3.63, 3.8) is 0 Å². The SMILES string of the molecule is Cc1ccc(C)c(OCc2nc(C(=O)O)c(C)s2)c1. The quantitative estimate of drug-likeness (QED) is 0.931. The predicted octanol–water partition coefficient (Wildman–Crippen LogP) is 3.35. The summed E-state index contributed by atoms with van der Waals surface area (Å²) in [4.78, 5) is 15.7. The van der Waals surface area contributed by atoms with Crippen LogP contribution < -0.4 is 4.74 Å². The summed E-state index contributed by atoms with van der Waals surface area (Å²) in [5.74, 6) is -0.184. The van der Waals surface area contributed by atoms with Gasteiger partial charge in [-0.15, -0.1) is 11.3 Å². The minimum Gasteiger partial charge on any atom is -0.486 e. The molecule has 5 heteroatoms. The number of aromatic nitrogens is 1. The van der Waals surface area contributed by atoms with Crippen LogP contribution in [0.5, 0.6) is 5.75 Å².